The lowest BCUT2D eigenvalue weighted by molar-refractivity contribution is -0.129. The summed E-state index contributed by atoms with van der Waals surface area (Å²) in [7, 11) is 0. The molecule has 22 heavy (non-hydrogen) atoms. The quantitative estimate of drug-likeness (QED) is 0.692. The van der Waals surface area contributed by atoms with Gasteiger partial charge in [-0.05, 0) is 12.8 Å². The van der Waals surface area contributed by atoms with Crippen molar-refractivity contribution in [2.45, 2.75) is 31.1 Å². The Morgan fingerprint density at radius 1 is 1.14 bits per heavy atom. The number of morpholine rings is 1. The van der Waals surface area contributed by atoms with Crippen LogP contribution in [0.4, 0.5) is 0 Å². The van der Waals surface area contributed by atoms with Crippen molar-refractivity contribution in [1.82, 2.24) is 10.2 Å². The van der Waals surface area contributed by atoms with Crippen LogP contribution in [-0.4, -0.2) is 86.8 Å². The predicted octanol–water partition coefficient (Wildman–Crippen LogP) is -1.01. The van der Waals surface area contributed by atoms with Gasteiger partial charge in [0.25, 0.3) is 0 Å². The van der Waals surface area contributed by atoms with E-state index in [4.69, 9.17) is 14.2 Å². The molecular formula is C15H26N2O5. The number of hydrogen-bond donors (Lipinski definition) is 2. The van der Waals surface area contributed by atoms with Gasteiger partial charge in [0.15, 0.2) is 0 Å². The van der Waals surface area contributed by atoms with Gasteiger partial charge < -0.3 is 24.6 Å². The van der Waals surface area contributed by atoms with E-state index in [-0.39, 0.29) is 24.0 Å². The van der Waals surface area contributed by atoms with Gasteiger partial charge in [-0.2, -0.15) is 0 Å². The molecule has 1 amide bonds. The van der Waals surface area contributed by atoms with Crippen LogP contribution in [0.2, 0.25) is 0 Å². The number of carbonyl (C=O) groups is 1. The van der Waals surface area contributed by atoms with E-state index in [2.05, 4.69) is 10.2 Å². The predicted molar refractivity (Wildman–Crippen MR) is 78.5 cm³/mol. The monoisotopic (exact) mass is 314 g/mol. The summed E-state index contributed by atoms with van der Waals surface area (Å²) in [6, 6.07) is -0.304. The Balaban J connectivity index is 1.45. The lowest BCUT2D eigenvalue weighted by Gasteiger charge is -2.30. The molecule has 3 atom stereocenters. The zero-order valence-electron chi connectivity index (χ0n) is 12.9. The van der Waals surface area contributed by atoms with Crippen molar-refractivity contribution in [3.63, 3.8) is 0 Å². The lowest BCUT2D eigenvalue weighted by atomic mass is 9.98. The molecule has 3 rings (SSSR count). The Morgan fingerprint density at radius 3 is 2.55 bits per heavy atom. The summed E-state index contributed by atoms with van der Waals surface area (Å²) < 4.78 is 16.3. The third-order valence-electron chi connectivity index (χ3n) is 4.74. The fourth-order valence-corrected chi connectivity index (χ4v) is 3.27. The molecule has 0 aromatic rings. The molecule has 7 nitrogen and oxygen atoms in total. The maximum absolute atomic E-state index is 12.2. The summed E-state index contributed by atoms with van der Waals surface area (Å²) in [6.45, 7) is 5.54. The van der Waals surface area contributed by atoms with Gasteiger partial charge in [0.05, 0.1) is 32.0 Å². The van der Waals surface area contributed by atoms with Gasteiger partial charge in [-0.3, -0.25) is 9.69 Å². The molecule has 3 aliphatic heterocycles. The summed E-state index contributed by atoms with van der Waals surface area (Å²) in [5.41, 5.74) is 0. The minimum Gasteiger partial charge on any atom is -0.388 e. The number of nitrogens with zero attached hydrogens (tertiary/aromatic N) is 1. The summed E-state index contributed by atoms with van der Waals surface area (Å²) in [6.07, 6.45) is 0.629. The van der Waals surface area contributed by atoms with E-state index < -0.39 is 6.10 Å². The average Bonchev–Trinajstić information content (AvgIpc) is 2.90. The number of carbonyl (C=O) groups excluding carboxylic acids is 1. The van der Waals surface area contributed by atoms with Crippen LogP contribution in [0.3, 0.4) is 0 Å². The normalized spacial score (nSPS) is 34.7. The van der Waals surface area contributed by atoms with Crippen LogP contribution in [0.5, 0.6) is 0 Å². The van der Waals surface area contributed by atoms with Crippen molar-refractivity contribution in [2.24, 2.45) is 5.92 Å². The van der Waals surface area contributed by atoms with Crippen LogP contribution in [0.1, 0.15) is 12.8 Å². The summed E-state index contributed by atoms with van der Waals surface area (Å²) >= 11 is 0. The summed E-state index contributed by atoms with van der Waals surface area (Å²) in [4.78, 5) is 14.5. The second kappa shape index (κ2) is 7.70. The third-order valence-corrected chi connectivity index (χ3v) is 4.74. The molecule has 3 saturated heterocycles. The van der Waals surface area contributed by atoms with E-state index in [1.54, 1.807) is 0 Å². The molecule has 0 aliphatic carbocycles. The van der Waals surface area contributed by atoms with Crippen molar-refractivity contribution >= 4 is 5.91 Å². The minimum absolute atomic E-state index is 0.000701. The van der Waals surface area contributed by atoms with Crippen molar-refractivity contribution in [3.8, 4) is 0 Å². The number of aliphatic hydroxyl groups is 1. The Kier molecular flexibility index (Phi) is 5.65. The van der Waals surface area contributed by atoms with Crippen molar-refractivity contribution in [2.75, 3.05) is 52.7 Å². The molecule has 0 spiro atoms. The van der Waals surface area contributed by atoms with Gasteiger partial charge in [-0.25, -0.2) is 0 Å². The van der Waals surface area contributed by atoms with Crippen LogP contribution in [0.25, 0.3) is 0 Å². The fourth-order valence-electron chi connectivity index (χ4n) is 3.27. The topological polar surface area (TPSA) is 80.3 Å². The zero-order valence-corrected chi connectivity index (χ0v) is 12.9. The van der Waals surface area contributed by atoms with Gasteiger partial charge in [-0.1, -0.05) is 0 Å². The number of aliphatic hydroxyl groups excluding tert-OH is 1. The van der Waals surface area contributed by atoms with E-state index in [1.807, 2.05) is 0 Å². The molecule has 3 unspecified atom stereocenters. The van der Waals surface area contributed by atoms with E-state index in [0.717, 1.165) is 39.1 Å². The molecule has 0 aromatic carbocycles. The van der Waals surface area contributed by atoms with Crippen LogP contribution >= 0.6 is 0 Å². The van der Waals surface area contributed by atoms with Crippen LogP contribution < -0.4 is 5.32 Å². The van der Waals surface area contributed by atoms with E-state index >= 15 is 0 Å². The highest BCUT2D eigenvalue weighted by atomic mass is 16.5. The molecule has 126 valence electrons. The molecule has 2 N–H and O–H groups in total. The maximum atomic E-state index is 12.2. The second-order valence-electron chi connectivity index (χ2n) is 6.28. The van der Waals surface area contributed by atoms with Gasteiger partial charge in [0.2, 0.25) is 5.91 Å². The van der Waals surface area contributed by atoms with Gasteiger partial charge >= 0.3 is 0 Å². The summed E-state index contributed by atoms with van der Waals surface area (Å²) in [5.74, 6) is 0.0159. The first-order valence-corrected chi connectivity index (χ1v) is 8.22. The Hall–Kier alpha value is -0.730. The molecule has 3 aliphatic rings. The Bertz CT molecular complexity index is 369. The highest BCUT2D eigenvalue weighted by molar-refractivity contribution is 5.79. The standard InChI is InChI=1S/C15H26N2O5/c18-14-12(16-15(19)11-1-5-20-6-2-11)10-22-13(14)9-17-3-7-21-8-4-17/h11-14,18H,1-10H2,(H,16,19). The van der Waals surface area contributed by atoms with Gasteiger partial charge in [-0.15, -0.1) is 0 Å². The third kappa shape index (κ3) is 3.97. The smallest absolute Gasteiger partial charge is 0.223 e. The molecule has 3 heterocycles. The number of nitrogens with one attached hydrogen (secondary N) is 1. The van der Waals surface area contributed by atoms with E-state index in [0.29, 0.717) is 26.4 Å². The number of amides is 1. The second-order valence-corrected chi connectivity index (χ2v) is 6.28. The van der Waals surface area contributed by atoms with E-state index in [1.165, 1.54) is 0 Å². The highest BCUT2D eigenvalue weighted by Gasteiger charge is 2.38. The van der Waals surface area contributed by atoms with E-state index in [9.17, 15) is 9.90 Å². The van der Waals surface area contributed by atoms with Crippen molar-refractivity contribution in [3.05, 3.63) is 0 Å². The Labute approximate surface area is 130 Å². The number of hydrogen-bond acceptors (Lipinski definition) is 6. The average molecular weight is 314 g/mol. The molecule has 0 bridgehead atoms. The molecular weight excluding hydrogens is 288 g/mol. The molecule has 0 radical (unpaired) electrons. The fraction of sp³-hybridized carbons (Fsp3) is 0.933. The van der Waals surface area contributed by atoms with Gasteiger partial charge in [0, 0.05) is 38.8 Å². The minimum atomic E-state index is -0.647. The van der Waals surface area contributed by atoms with Crippen molar-refractivity contribution < 1.29 is 24.1 Å². The molecule has 0 aromatic heterocycles. The Morgan fingerprint density at radius 2 is 1.82 bits per heavy atom. The van der Waals surface area contributed by atoms with Crippen molar-refractivity contribution in [1.29, 1.82) is 0 Å². The SMILES string of the molecule is O=C(NC1COC(CN2CCOCC2)C1O)C1CCOCC1. The molecule has 0 saturated carbocycles. The first kappa shape index (κ1) is 16.1. The largest absolute Gasteiger partial charge is 0.388 e. The van der Waals surface area contributed by atoms with Crippen LogP contribution in [-0.2, 0) is 19.0 Å². The van der Waals surface area contributed by atoms with Crippen LogP contribution in [0.15, 0.2) is 0 Å². The zero-order chi connectivity index (χ0) is 15.4. The summed E-state index contributed by atoms with van der Waals surface area (Å²) in [5, 5.41) is 13.4. The lowest BCUT2D eigenvalue weighted by Crippen LogP contribution is -2.49. The molecule has 3 fully saturated rings. The highest BCUT2D eigenvalue weighted by Crippen LogP contribution is 2.19. The van der Waals surface area contributed by atoms with Crippen LogP contribution in [0, 0.1) is 5.92 Å². The van der Waals surface area contributed by atoms with Gasteiger partial charge in [0.1, 0.15) is 6.10 Å². The maximum Gasteiger partial charge on any atom is 0.223 e. The first-order valence-electron chi connectivity index (χ1n) is 8.22. The molecule has 7 heteroatoms. The number of rotatable bonds is 4. The number of ether oxygens (including phenoxy) is 3. The first-order chi connectivity index (χ1) is 10.7.